The molecule has 1 saturated heterocycles. The number of rotatable bonds is 3. The molecule has 1 aromatic heterocycles. The third kappa shape index (κ3) is 2.48. The average Bonchev–Trinajstić information content (AvgIpc) is 2.19. The molecule has 0 saturated carbocycles. The van der Waals surface area contributed by atoms with E-state index in [0.717, 1.165) is 12.0 Å². The van der Waals surface area contributed by atoms with E-state index in [0.29, 0.717) is 29.8 Å². The Morgan fingerprint density at radius 3 is 2.75 bits per heavy atom. The van der Waals surface area contributed by atoms with Gasteiger partial charge in [0.1, 0.15) is 5.15 Å². The first-order chi connectivity index (χ1) is 7.52. The Kier molecular flexibility index (Phi) is 3.40. The number of halogens is 2. The predicted molar refractivity (Wildman–Crippen MR) is 64.8 cm³/mol. The van der Waals surface area contributed by atoms with Gasteiger partial charge in [0.2, 0.25) is 0 Å². The van der Waals surface area contributed by atoms with Crippen LogP contribution < -0.4 is 0 Å². The molecule has 0 atom stereocenters. The lowest BCUT2D eigenvalue weighted by atomic mass is 9.91. The lowest BCUT2D eigenvalue weighted by Gasteiger charge is -2.46. The molecule has 0 bridgehead atoms. The van der Waals surface area contributed by atoms with Crippen LogP contribution in [-0.2, 0) is 6.54 Å². The van der Waals surface area contributed by atoms with Gasteiger partial charge in [-0.2, -0.15) is 0 Å². The van der Waals surface area contributed by atoms with Crippen molar-refractivity contribution in [2.45, 2.75) is 25.5 Å². The van der Waals surface area contributed by atoms with Crippen LogP contribution in [0.25, 0.3) is 0 Å². The van der Waals surface area contributed by atoms with Crippen molar-refractivity contribution in [1.29, 1.82) is 0 Å². The first-order valence-corrected chi connectivity index (χ1v) is 6.03. The largest absolute Gasteiger partial charge is 0.387 e. The molecule has 2 heterocycles. The summed E-state index contributed by atoms with van der Waals surface area (Å²) in [6.07, 6.45) is 2.48. The molecule has 1 aromatic rings. The average molecular weight is 261 g/mol. The molecule has 0 amide bonds. The number of hydrogen-bond acceptors (Lipinski definition) is 3. The van der Waals surface area contributed by atoms with Crippen molar-refractivity contribution >= 4 is 23.2 Å². The monoisotopic (exact) mass is 260 g/mol. The summed E-state index contributed by atoms with van der Waals surface area (Å²) in [7, 11) is 0. The van der Waals surface area contributed by atoms with E-state index in [1.54, 1.807) is 12.3 Å². The number of hydrogen-bond donors (Lipinski definition) is 1. The number of nitrogens with zero attached hydrogens (tertiary/aromatic N) is 2. The summed E-state index contributed by atoms with van der Waals surface area (Å²) >= 11 is 11.8. The van der Waals surface area contributed by atoms with E-state index in [9.17, 15) is 5.11 Å². The SMILES string of the molecule is CCC1(O)CN(Cc2cnc(Cl)cc2Cl)C1. The van der Waals surface area contributed by atoms with E-state index in [1.165, 1.54) is 0 Å². The first-order valence-electron chi connectivity index (χ1n) is 5.27. The maximum absolute atomic E-state index is 9.87. The lowest BCUT2D eigenvalue weighted by Crippen LogP contribution is -2.60. The molecule has 3 nitrogen and oxygen atoms in total. The molecule has 5 heteroatoms. The normalized spacial score (nSPS) is 19.5. The predicted octanol–water partition coefficient (Wildman–Crippen LogP) is 2.35. The Morgan fingerprint density at radius 2 is 2.19 bits per heavy atom. The zero-order valence-electron chi connectivity index (χ0n) is 9.08. The Morgan fingerprint density at radius 1 is 1.50 bits per heavy atom. The topological polar surface area (TPSA) is 36.4 Å². The van der Waals surface area contributed by atoms with E-state index >= 15 is 0 Å². The molecule has 0 aliphatic carbocycles. The summed E-state index contributed by atoms with van der Waals surface area (Å²) in [6.45, 7) is 4.10. The van der Waals surface area contributed by atoms with Gasteiger partial charge in [-0.25, -0.2) is 4.98 Å². The van der Waals surface area contributed by atoms with Crippen LogP contribution in [0.4, 0.5) is 0 Å². The molecule has 2 rings (SSSR count). The fraction of sp³-hybridized carbons (Fsp3) is 0.545. The molecular weight excluding hydrogens is 247 g/mol. The fourth-order valence-corrected chi connectivity index (χ4v) is 2.34. The van der Waals surface area contributed by atoms with Crippen LogP contribution in [0.5, 0.6) is 0 Å². The van der Waals surface area contributed by atoms with Gasteiger partial charge < -0.3 is 5.11 Å². The zero-order chi connectivity index (χ0) is 11.8. The third-order valence-electron chi connectivity index (χ3n) is 2.98. The zero-order valence-corrected chi connectivity index (χ0v) is 10.6. The van der Waals surface area contributed by atoms with Gasteiger partial charge in [-0.1, -0.05) is 30.1 Å². The third-order valence-corrected chi connectivity index (χ3v) is 3.54. The molecule has 0 spiro atoms. The maximum atomic E-state index is 9.87. The van der Waals surface area contributed by atoms with E-state index in [1.807, 2.05) is 6.92 Å². The van der Waals surface area contributed by atoms with Crippen LogP contribution in [0.3, 0.4) is 0 Å². The van der Waals surface area contributed by atoms with Gasteiger partial charge in [0.05, 0.1) is 5.60 Å². The molecule has 0 unspecified atom stereocenters. The fourth-order valence-electron chi connectivity index (χ4n) is 1.91. The molecule has 88 valence electrons. The summed E-state index contributed by atoms with van der Waals surface area (Å²) in [5.74, 6) is 0. The molecule has 1 aliphatic heterocycles. The highest BCUT2D eigenvalue weighted by Crippen LogP contribution is 2.28. The highest BCUT2D eigenvalue weighted by atomic mass is 35.5. The molecule has 1 N–H and O–H groups in total. The van der Waals surface area contributed by atoms with Gasteiger partial charge in [0.15, 0.2) is 0 Å². The molecule has 0 aromatic carbocycles. The molecule has 16 heavy (non-hydrogen) atoms. The van der Waals surface area contributed by atoms with E-state index in [4.69, 9.17) is 23.2 Å². The summed E-state index contributed by atoms with van der Waals surface area (Å²) in [5, 5.41) is 10.9. The van der Waals surface area contributed by atoms with Crippen molar-refractivity contribution < 1.29 is 5.11 Å². The van der Waals surface area contributed by atoms with Crippen molar-refractivity contribution in [1.82, 2.24) is 9.88 Å². The number of aromatic nitrogens is 1. The molecular formula is C11H14Cl2N2O. The minimum Gasteiger partial charge on any atom is -0.387 e. The Bertz CT molecular complexity index is 392. The standard InChI is InChI=1S/C11H14Cl2N2O/c1-2-11(16)6-15(7-11)5-8-4-14-10(13)3-9(8)12/h3-4,16H,2,5-7H2,1H3. The van der Waals surface area contributed by atoms with Gasteiger partial charge in [0.25, 0.3) is 0 Å². The number of pyridine rings is 1. The van der Waals surface area contributed by atoms with Crippen LogP contribution in [-0.4, -0.2) is 33.7 Å². The van der Waals surface area contributed by atoms with Crippen LogP contribution in [0.2, 0.25) is 10.2 Å². The highest BCUT2D eigenvalue weighted by molar-refractivity contribution is 6.34. The summed E-state index contributed by atoms with van der Waals surface area (Å²) in [6, 6.07) is 1.64. The van der Waals surface area contributed by atoms with Crippen molar-refractivity contribution in [3.8, 4) is 0 Å². The summed E-state index contributed by atoms with van der Waals surface area (Å²) < 4.78 is 0. The number of likely N-dealkylation sites (tertiary alicyclic amines) is 1. The lowest BCUT2D eigenvalue weighted by molar-refractivity contribution is -0.103. The Hall–Kier alpha value is -0.350. The van der Waals surface area contributed by atoms with E-state index in [-0.39, 0.29) is 0 Å². The van der Waals surface area contributed by atoms with Crippen LogP contribution in [0.1, 0.15) is 18.9 Å². The minimum absolute atomic E-state index is 0.405. The molecule has 0 radical (unpaired) electrons. The minimum atomic E-state index is -0.508. The van der Waals surface area contributed by atoms with Crippen molar-refractivity contribution in [3.05, 3.63) is 28.0 Å². The second-order valence-electron chi connectivity index (χ2n) is 4.32. The molecule has 1 fully saturated rings. The van der Waals surface area contributed by atoms with Crippen molar-refractivity contribution in [2.24, 2.45) is 0 Å². The van der Waals surface area contributed by atoms with Gasteiger partial charge in [-0.3, -0.25) is 4.90 Å². The number of β-amino-alcohol motifs (C(OH)–C–C–N with tert-alkyl or cyclic N) is 1. The van der Waals surface area contributed by atoms with Crippen molar-refractivity contribution in [2.75, 3.05) is 13.1 Å². The second-order valence-corrected chi connectivity index (χ2v) is 5.12. The van der Waals surface area contributed by atoms with Crippen LogP contribution in [0.15, 0.2) is 12.3 Å². The highest BCUT2D eigenvalue weighted by Gasteiger charge is 2.39. The smallest absolute Gasteiger partial charge is 0.130 e. The second kappa shape index (κ2) is 4.49. The Labute approximate surface area is 105 Å². The summed E-state index contributed by atoms with van der Waals surface area (Å²) in [5.41, 5.74) is 0.441. The van der Waals surface area contributed by atoms with Gasteiger partial charge in [0, 0.05) is 36.4 Å². The van der Waals surface area contributed by atoms with Gasteiger partial charge >= 0.3 is 0 Å². The maximum Gasteiger partial charge on any atom is 0.130 e. The van der Waals surface area contributed by atoms with Gasteiger partial charge in [-0.05, 0) is 12.5 Å². The first kappa shape index (κ1) is 12.1. The van der Waals surface area contributed by atoms with Crippen LogP contribution >= 0.6 is 23.2 Å². The van der Waals surface area contributed by atoms with E-state index in [2.05, 4.69) is 9.88 Å². The van der Waals surface area contributed by atoms with Crippen molar-refractivity contribution in [3.63, 3.8) is 0 Å². The Balaban J connectivity index is 1.96. The van der Waals surface area contributed by atoms with Crippen LogP contribution in [0, 0.1) is 0 Å². The quantitative estimate of drug-likeness (QED) is 0.848. The van der Waals surface area contributed by atoms with E-state index < -0.39 is 5.60 Å². The van der Waals surface area contributed by atoms with Gasteiger partial charge in [-0.15, -0.1) is 0 Å². The number of aliphatic hydroxyl groups is 1. The molecule has 1 aliphatic rings. The summed E-state index contributed by atoms with van der Waals surface area (Å²) in [4.78, 5) is 6.14.